The van der Waals surface area contributed by atoms with Crippen LogP contribution in [0.15, 0.2) is 54.7 Å². The van der Waals surface area contributed by atoms with Gasteiger partial charge >= 0.3 is 0 Å². The number of rotatable bonds is 6. The second-order valence-corrected chi connectivity index (χ2v) is 7.81. The van der Waals surface area contributed by atoms with Gasteiger partial charge in [0.15, 0.2) is 5.69 Å². The van der Waals surface area contributed by atoms with Crippen molar-refractivity contribution in [3.63, 3.8) is 0 Å². The molecule has 1 fully saturated rings. The highest BCUT2D eigenvalue weighted by molar-refractivity contribution is 5.93. The SMILES string of the molecule is Cc1cccc(C(=O)N2CC(F)(F)C[C@H]2Cn2cc(C(=O)NCc3ccccc3)nn2)n1. The maximum absolute atomic E-state index is 14.2. The molecule has 3 heterocycles. The van der Waals surface area contributed by atoms with Crippen molar-refractivity contribution < 1.29 is 18.4 Å². The molecular weight excluding hydrogens is 418 g/mol. The van der Waals surface area contributed by atoms with Gasteiger partial charge in [-0.1, -0.05) is 41.6 Å². The Balaban J connectivity index is 1.43. The highest BCUT2D eigenvalue weighted by atomic mass is 19.3. The third-order valence-electron chi connectivity index (χ3n) is 5.21. The third-order valence-corrected chi connectivity index (χ3v) is 5.21. The van der Waals surface area contributed by atoms with Crippen LogP contribution in [-0.2, 0) is 13.1 Å². The second kappa shape index (κ2) is 8.81. The van der Waals surface area contributed by atoms with Crippen LogP contribution in [0.2, 0.25) is 0 Å². The van der Waals surface area contributed by atoms with Crippen LogP contribution < -0.4 is 5.32 Å². The lowest BCUT2D eigenvalue weighted by Crippen LogP contribution is -2.39. The fourth-order valence-corrected chi connectivity index (χ4v) is 3.68. The lowest BCUT2D eigenvalue weighted by Gasteiger charge is -2.23. The summed E-state index contributed by atoms with van der Waals surface area (Å²) in [5.74, 6) is -3.99. The van der Waals surface area contributed by atoms with Crippen molar-refractivity contribution >= 4 is 11.8 Å². The molecule has 0 radical (unpaired) electrons. The molecule has 0 bridgehead atoms. The Hall–Kier alpha value is -3.69. The number of alkyl halides is 2. The zero-order valence-corrected chi connectivity index (χ0v) is 17.4. The fourth-order valence-electron chi connectivity index (χ4n) is 3.68. The minimum absolute atomic E-state index is 0.00783. The Morgan fingerprint density at radius 2 is 1.91 bits per heavy atom. The molecule has 0 saturated carbocycles. The predicted octanol–water partition coefficient (Wildman–Crippen LogP) is 2.46. The number of aryl methyl sites for hydroxylation is 1. The quantitative estimate of drug-likeness (QED) is 0.636. The van der Waals surface area contributed by atoms with Crippen LogP contribution >= 0.6 is 0 Å². The van der Waals surface area contributed by atoms with Crippen LogP contribution in [0, 0.1) is 6.92 Å². The molecule has 1 saturated heterocycles. The number of carbonyl (C=O) groups excluding carboxylic acids is 2. The van der Waals surface area contributed by atoms with Gasteiger partial charge in [0, 0.05) is 18.7 Å². The lowest BCUT2D eigenvalue weighted by molar-refractivity contribution is 0.0116. The molecule has 0 spiro atoms. The summed E-state index contributed by atoms with van der Waals surface area (Å²) in [7, 11) is 0. The van der Waals surface area contributed by atoms with Gasteiger partial charge in [-0.25, -0.2) is 18.4 Å². The van der Waals surface area contributed by atoms with Crippen LogP contribution in [0.25, 0.3) is 0 Å². The average molecular weight is 440 g/mol. The van der Waals surface area contributed by atoms with Crippen molar-refractivity contribution in [1.82, 2.24) is 30.2 Å². The van der Waals surface area contributed by atoms with E-state index in [1.54, 1.807) is 19.1 Å². The molecule has 0 aliphatic carbocycles. The zero-order chi connectivity index (χ0) is 22.7. The Morgan fingerprint density at radius 3 is 2.66 bits per heavy atom. The van der Waals surface area contributed by atoms with E-state index in [4.69, 9.17) is 0 Å². The van der Waals surface area contributed by atoms with Crippen molar-refractivity contribution in [1.29, 1.82) is 0 Å². The number of amides is 2. The maximum atomic E-state index is 14.2. The first-order chi connectivity index (χ1) is 15.3. The molecule has 32 heavy (non-hydrogen) atoms. The summed E-state index contributed by atoms with van der Waals surface area (Å²) in [6.07, 6.45) is 0.893. The molecule has 1 N–H and O–H groups in total. The first-order valence-electron chi connectivity index (χ1n) is 10.2. The second-order valence-electron chi connectivity index (χ2n) is 7.81. The van der Waals surface area contributed by atoms with Gasteiger partial charge in [-0.3, -0.25) is 9.59 Å². The minimum Gasteiger partial charge on any atom is -0.347 e. The van der Waals surface area contributed by atoms with E-state index in [-0.39, 0.29) is 17.9 Å². The Kier molecular flexibility index (Phi) is 5.93. The van der Waals surface area contributed by atoms with Gasteiger partial charge in [-0.15, -0.1) is 5.10 Å². The molecule has 166 valence electrons. The molecule has 1 aromatic carbocycles. The van der Waals surface area contributed by atoms with Gasteiger partial charge < -0.3 is 10.2 Å². The van der Waals surface area contributed by atoms with Crippen molar-refractivity contribution in [3.05, 3.63) is 77.4 Å². The number of aromatic nitrogens is 4. The van der Waals surface area contributed by atoms with E-state index in [1.165, 1.54) is 16.9 Å². The van der Waals surface area contributed by atoms with Gasteiger partial charge in [0.1, 0.15) is 5.69 Å². The molecule has 1 aliphatic heterocycles. The number of carbonyl (C=O) groups is 2. The van der Waals surface area contributed by atoms with E-state index in [2.05, 4.69) is 20.6 Å². The monoisotopic (exact) mass is 440 g/mol. The normalized spacial score (nSPS) is 17.3. The summed E-state index contributed by atoms with van der Waals surface area (Å²) >= 11 is 0. The number of hydrogen-bond acceptors (Lipinski definition) is 5. The van der Waals surface area contributed by atoms with E-state index >= 15 is 0 Å². The summed E-state index contributed by atoms with van der Waals surface area (Å²) in [4.78, 5) is 30.5. The lowest BCUT2D eigenvalue weighted by atomic mass is 10.2. The Labute approximate surface area is 183 Å². The summed E-state index contributed by atoms with van der Waals surface area (Å²) in [6, 6.07) is 13.5. The van der Waals surface area contributed by atoms with Gasteiger partial charge in [0.25, 0.3) is 17.7 Å². The molecular formula is C22H22F2N6O2. The van der Waals surface area contributed by atoms with Gasteiger partial charge in [0.05, 0.1) is 25.3 Å². The summed E-state index contributed by atoms with van der Waals surface area (Å²) in [6.45, 7) is 1.36. The number of nitrogens with zero attached hydrogens (tertiary/aromatic N) is 5. The van der Waals surface area contributed by atoms with E-state index in [0.717, 1.165) is 10.5 Å². The van der Waals surface area contributed by atoms with E-state index in [0.29, 0.717) is 12.2 Å². The van der Waals surface area contributed by atoms with E-state index in [1.807, 2.05) is 30.3 Å². The molecule has 2 amide bonds. The predicted molar refractivity (Wildman–Crippen MR) is 111 cm³/mol. The number of pyridine rings is 1. The van der Waals surface area contributed by atoms with Crippen LogP contribution in [-0.4, -0.2) is 55.2 Å². The molecule has 3 aromatic rings. The number of hydrogen-bond donors (Lipinski definition) is 1. The van der Waals surface area contributed by atoms with Crippen molar-refractivity contribution in [2.24, 2.45) is 0 Å². The largest absolute Gasteiger partial charge is 0.347 e. The Bertz CT molecular complexity index is 1120. The Morgan fingerprint density at radius 1 is 1.12 bits per heavy atom. The highest BCUT2D eigenvalue weighted by Crippen LogP contribution is 2.33. The van der Waals surface area contributed by atoms with Crippen molar-refractivity contribution in [3.8, 4) is 0 Å². The molecule has 4 rings (SSSR count). The fraction of sp³-hybridized carbons (Fsp3) is 0.318. The molecule has 1 atom stereocenters. The van der Waals surface area contributed by atoms with E-state index < -0.39 is 36.7 Å². The van der Waals surface area contributed by atoms with E-state index in [9.17, 15) is 18.4 Å². The van der Waals surface area contributed by atoms with Gasteiger partial charge in [0.2, 0.25) is 0 Å². The molecule has 8 nitrogen and oxygen atoms in total. The average Bonchev–Trinajstić information content (AvgIpc) is 3.36. The number of benzene rings is 1. The maximum Gasteiger partial charge on any atom is 0.273 e. The smallest absolute Gasteiger partial charge is 0.273 e. The molecule has 10 heteroatoms. The number of nitrogens with one attached hydrogen (secondary N) is 1. The van der Waals surface area contributed by atoms with Crippen molar-refractivity contribution in [2.75, 3.05) is 6.54 Å². The number of likely N-dealkylation sites (tertiary alicyclic amines) is 1. The van der Waals surface area contributed by atoms with Gasteiger partial charge in [-0.2, -0.15) is 0 Å². The van der Waals surface area contributed by atoms with Crippen molar-refractivity contribution in [2.45, 2.75) is 38.4 Å². The number of halogens is 2. The zero-order valence-electron chi connectivity index (χ0n) is 17.4. The van der Waals surface area contributed by atoms with Crippen LogP contribution in [0.3, 0.4) is 0 Å². The molecule has 2 aromatic heterocycles. The summed E-state index contributed by atoms with van der Waals surface area (Å²) in [5, 5.41) is 10.5. The van der Waals surface area contributed by atoms with Crippen LogP contribution in [0.5, 0.6) is 0 Å². The molecule has 1 aliphatic rings. The highest BCUT2D eigenvalue weighted by Gasteiger charge is 2.47. The first-order valence-corrected chi connectivity index (χ1v) is 10.2. The summed E-state index contributed by atoms with van der Waals surface area (Å²) in [5.41, 5.74) is 1.75. The van der Waals surface area contributed by atoms with Gasteiger partial charge in [-0.05, 0) is 24.6 Å². The first kappa shape index (κ1) is 21.5. The topological polar surface area (TPSA) is 93.0 Å². The van der Waals surface area contributed by atoms with Crippen LogP contribution in [0.4, 0.5) is 8.78 Å². The minimum atomic E-state index is -3.01. The van der Waals surface area contributed by atoms with Crippen LogP contribution in [0.1, 0.15) is 38.7 Å². The summed E-state index contributed by atoms with van der Waals surface area (Å²) < 4.78 is 29.7. The standard InChI is InChI=1S/C22H22F2N6O2/c1-15-6-5-9-18(26-15)21(32)30-14-22(23,24)10-17(30)12-29-13-19(27-28-29)20(31)25-11-16-7-3-2-4-8-16/h2-9,13,17H,10-12,14H2,1H3,(H,25,31)/t17-/m0/s1. The third kappa shape index (κ3) is 4.96. The molecule has 0 unspecified atom stereocenters.